The highest BCUT2D eigenvalue weighted by Gasteiger charge is 2.53. The van der Waals surface area contributed by atoms with E-state index in [2.05, 4.69) is 32.6 Å². The summed E-state index contributed by atoms with van der Waals surface area (Å²) < 4.78 is 6.09. The lowest BCUT2D eigenvalue weighted by Crippen LogP contribution is -2.46. The summed E-state index contributed by atoms with van der Waals surface area (Å²) in [5, 5.41) is 10.6. The summed E-state index contributed by atoms with van der Waals surface area (Å²) in [6, 6.07) is 0. The predicted octanol–water partition coefficient (Wildman–Crippen LogP) is 2.92. The third-order valence-corrected chi connectivity index (χ3v) is 5.54. The zero-order chi connectivity index (χ0) is 15.1. The number of aliphatic hydroxyl groups is 1. The fourth-order valence-corrected chi connectivity index (χ4v) is 4.08. The first kappa shape index (κ1) is 16.3. The van der Waals surface area contributed by atoms with Crippen LogP contribution in [0.5, 0.6) is 0 Å². The Balaban J connectivity index is 1.94. The van der Waals surface area contributed by atoms with E-state index < -0.39 is 5.60 Å². The minimum atomic E-state index is -0.426. The average Bonchev–Trinajstić information content (AvgIpc) is 2.48. The fourth-order valence-electron chi connectivity index (χ4n) is 4.08. The molecule has 0 bridgehead atoms. The van der Waals surface area contributed by atoms with E-state index in [9.17, 15) is 5.11 Å². The lowest BCUT2D eigenvalue weighted by Gasteiger charge is -2.38. The molecular weight excluding hydrogens is 250 g/mol. The van der Waals surface area contributed by atoms with Gasteiger partial charge in [-0.2, -0.15) is 0 Å². The maximum Gasteiger partial charge on any atom is 0.0896 e. The van der Waals surface area contributed by atoms with Crippen LogP contribution in [-0.2, 0) is 4.74 Å². The van der Waals surface area contributed by atoms with Crippen LogP contribution < -0.4 is 0 Å². The minimum absolute atomic E-state index is 0.202. The van der Waals surface area contributed by atoms with E-state index in [1.165, 1.54) is 25.9 Å². The smallest absolute Gasteiger partial charge is 0.0896 e. The molecule has 1 N–H and O–H groups in total. The number of likely N-dealkylation sites (tertiary alicyclic amines) is 1. The van der Waals surface area contributed by atoms with Crippen LogP contribution in [0, 0.1) is 17.8 Å². The molecule has 20 heavy (non-hydrogen) atoms. The molecule has 0 aromatic carbocycles. The highest BCUT2D eigenvalue weighted by molar-refractivity contribution is 5.02. The Labute approximate surface area is 124 Å². The summed E-state index contributed by atoms with van der Waals surface area (Å²) in [7, 11) is 0. The third kappa shape index (κ3) is 3.20. The Morgan fingerprint density at radius 1 is 1.10 bits per heavy atom. The molecule has 0 aromatic heterocycles. The first-order valence-corrected chi connectivity index (χ1v) is 8.24. The molecule has 0 aromatic rings. The Bertz CT molecular complexity index is 330. The van der Waals surface area contributed by atoms with E-state index in [1.807, 2.05) is 13.8 Å². The van der Waals surface area contributed by atoms with Gasteiger partial charge in [-0.15, -0.1) is 0 Å². The zero-order valence-electron chi connectivity index (χ0n) is 14.1. The van der Waals surface area contributed by atoms with Crippen LogP contribution >= 0.6 is 0 Å². The summed E-state index contributed by atoms with van der Waals surface area (Å²) >= 11 is 0. The van der Waals surface area contributed by atoms with Crippen molar-refractivity contribution in [1.82, 2.24) is 4.90 Å². The first-order chi connectivity index (χ1) is 9.13. The molecule has 0 saturated carbocycles. The van der Waals surface area contributed by atoms with Gasteiger partial charge in [0, 0.05) is 12.5 Å². The van der Waals surface area contributed by atoms with Gasteiger partial charge >= 0.3 is 0 Å². The van der Waals surface area contributed by atoms with Gasteiger partial charge in [-0.1, -0.05) is 13.8 Å². The second-order valence-corrected chi connectivity index (χ2v) is 8.24. The quantitative estimate of drug-likeness (QED) is 0.864. The van der Waals surface area contributed by atoms with Gasteiger partial charge in [0.25, 0.3) is 0 Å². The largest absolute Gasteiger partial charge is 0.390 e. The molecule has 2 fully saturated rings. The molecule has 0 spiro atoms. The highest BCUT2D eigenvalue weighted by Crippen LogP contribution is 2.43. The van der Waals surface area contributed by atoms with E-state index in [-0.39, 0.29) is 17.6 Å². The van der Waals surface area contributed by atoms with Gasteiger partial charge < -0.3 is 14.7 Å². The van der Waals surface area contributed by atoms with Crippen molar-refractivity contribution in [3.8, 4) is 0 Å². The molecule has 118 valence electrons. The van der Waals surface area contributed by atoms with Crippen LogP contribution in [0.1, 0.15) is 54.4 Å². The maximum atomic E-state index is 10.6. The van der Waals surface area contributed by atoms with Crippen molar-refractivity contribution in [2.24, 2.45) is 17.8 Å². The number of piperidine rings is 1. The Kier molecular flexibility index (Phi) is 4.54. The molecule has 2 saturated heterocycles. The van der Waals surface area contributed by atoms with E-state index in [1.54, 1.807) is 0 Å². The molecule has 2 atom stereocenters. The number of hydrogen-bond acceptors (Lipinski definition) is 3. The first-order valence-electron chi connectivity index (χ1n) is 8.24. The summed E-state index contributed by atoms with van der Waals surface area (Å²) in [5.41, 5.74) is -0.664. The van der Waals surface area contributed by atoms with Crippen molar-refractivity contribution in [3.05, 3.63) is 0 Å². The molecule has 2 unspecified atom stereocenters. The molecule has 2 heterocycles. The molecule has 0 amide bonds. The highest BCUT2D eigenvalue weighted by atomic mass is 16.5. The predicted molar refractivity (Wildman–Crippen MR) is 82.7 cm³/mol. The number of hydrogen-bond donors (Lipinski definition) is 1. The Morgan fingerprint density at radius 2 is 1.65 bits per heavy atom. The lowest BCUT2D eigenvalue weighted by atomic mass is 9.82. The van der Waals surface area contributed by atoms with E-state index in [0.29, 0.717) is 0 Å². The summed E-state index contributed by atoms with van der Waals surface area (Å²) in [5.74, 6) is 1.88. The summed E-state index contributed by atoms with van der Waals surface area (Å²) in [6.07, 6.45) is 2.22. The Morgan fingerprint density at radius 3 is 2.05 bits per heavy atom. The molecule has 2 rings (SSSR count). The van der Waals surface area contributed by atoms with Gasteiger partial charge in [-0.3, -0.25) is 0 Å². The molecule has 2 aliphatic heterocycles. The molecule has 3 nitrogen and oxygen atoms in total. The van der Waals surface area contributed by atoms with Crippen LogP contribution in [-0.4, -0.2) is 46.9 Å². The van der Waals surface area contributed by atoms with Crippen LogP contribution in [0.4, 0.5) is 0 Å². The van der Waals surface area contributed by atoms with Gasteiger partial charge in [-0.05, 0) is 65.5 Å². The zero-order valence-corrected chi connectivity index (χ0v) is 14.1. The Hall–Kier alpha value is -0.120. The summed E-state index contributed by atoms with van der Waals surface area (Å²) in [4.78, 5) is 2.53. The fraction of sp³-hybridized carbons (Fsp3) is 1.00. The normalized spacial score (nSPS) is 34.8. The number of rotatable bonds is 3. The van der Waals surface area contributed by atoms with Crippen molar-refractivity contribution in [1.29, 1.82) is 0 Å². The number of ether oxygens (including phenoxy) is 1. The molecule has 0 radical (unpaired) electrons. The van der Waals surface area contributed by atoms with Crippen molar-refractivity contribution in [2.75, 3.05) is 19.6 Å². The van der Waals surface area contributed by atoms with Crippen LogP contribution in [0.3, 0.4) is 0 Å². The van der Waals surface area contributed by atoms with Crippen molar-refractivity contribution in [3.63, 3.8) is 0 Å². The number of nitrogens with zero attached hydrogens (tertiary/aromatic N) is 1. The van der Waals surface area contributed by atoms with Gasteiger partial charge in [0.1, 0.15) is 0 Å². The van der Waals surface area contributed by atoms with Crippen LogP contribution in [0.25, 0.3) is 0 Å². The SMILES string of the molecule is CC(C)C1CCN(CC2C(O)C(C)(C)OC2(C)C)CC1. The minimum Gasteiger partial charge on any atom is -0.390 e. The molecule has 0 aliphatic carbocycles. The lowest BCUT2D eigenvalue weighted by molar-refractivity contribution is -0.0915. The summed E-state index contributed by atoms with van der Waals surface area (Å²) in [6.45, 7) is 16.2. The van der Waals surface area contributed by atoms with Crippen LogP contribution in [0.15, 0.2) is 0 Å². The molecular formula is C17H33NO2. The monoisotopic (exact) mass is 283 g/mol. The third-order valence-electron chi connectivity index (χ3n) is 5.54. The van der Waals surface area contributed by atoms with Crippen molar-refractivity contribution in [2.45, 2.75) is 71.7 Å². The van der Waals surface area contributed by atoms with E-state index in [0.717, 1.165) is 18.4 Å². The van der Waals surface area contributed by atoms with Gasteiger partial charge in [0.15, 0.2) is 0 Å². The van der Waals surface area contributed by atoms with Crippen molar-refractivity contribution < 1.29 is 9.84 Å². The van der Waals surface area contributed by atoms with Crippen LogP contribution in [0.2, 0.25) is 0 Å². The molecule has 3 heteroatoms. The van der Waals surface area contributed by atoms with Gasteiger partial charge in [0.05, 0.1) is 17.3 Å². The van der Waals surface area contributed by atoms with Gasteiger partial charge in [-0.25, -0.2) is 0 Å². The van der Waals surface area contributed by atoms with E-state index in [4.69, 9.17) is 4.74 Å². The van der Waals surface area contributed by atoms with Gasteiger partial charge in [0.2, 0.25) is 0 Å². The maximum absolute atomic E-state index is 10.6. The van der Waals surface area contributed by atoms with Crippen molar-refractivity contribution >= 4 is 0 Å². The second kappa shape index (κ2) is 5.58. The molecule has 2 aliphatic rings. The standard InChI is InChI=1S/C17H33NO2/c1-12(2)13-7-9-18(10-8-13)11-14-15(19)17(5,6)20-16(14,3)4/h12-15,19H,7-11H2,1-6H3. The number of aliphatic hydroxyl groups excluding tert-OH is 1. The van der Waals surface area contributed by atoms with E-state index >= 15 is 0 Å². The average molecular weight is 283 g/mol. The second-order valence-electron chi connectivity index (χ2n) is 8.24. The topological polar surface area (TPSA) is 32.7 Å².